The maximum atomic E-state index is 11.3. The van der Waals surface area contributed by atoms with E-state index in [1.165, 1.54) is 0 Å². The van der Waals surface area contributed by atoms with Crippen LogP contribution >= 0.6 is 0 Å². The van der Waals surface area contributed by atoms with Gasteiger partial charge in [-0.15, -0.1) is 0 Å². The van der Waals surface area contributed by atoms with Crippen molar-refractivity contribution in [3.05, 3.63) is 0 Å². The van der Waals surface area contributed by atoms with Gasteiger partial charge in [-0.25, -0.2) is 0 Å². The highest BCUT2D eigenvalue weighted by atomic mass is 16.6. The molecule has 0 aromatic heterocycles. The molecule has 0 aliphatic carbocycles. The van der Waals surface area contributed by atoms with Crippen LogP contribution in [0.15, 0.2) is 0 Å². The van der Waals surface area contributed by atoms with Crippen LogP contribution < -0.4 is 0 Å². The molecule has 0 spiro atoms. The number of hydrogen-bond donors (Lipinski definition) is 0. The molecule has 114 valence electrons. The maximum Gasteiger partial charge on any atom is 0.308 e. The van der Waals surface area contributed by atoms with Crippen LogP contribution in [-0.4, -0.2) is 51.2 Å². The molecule has 0 rings (SSSR count). The van der Waals surface area contributed by atoms with Crippen LogP contribution in [0.4, 0.5) is 0 Å². The molecule has 19 heavy (non-hydrogen) atoms. The molecule has 0 aromatic carbocycles. The lowest BCUT2D eigenvalue weighted by atomic mass is 10.2. The van der Waals surface area contributed by atoms with E-state index in [1.807, 2.05) is 20.8 Å². The molecule has 0 saturated carbocycles. The Balaban J connectivity index is 3.21. The van der Waals surface area contributed by atoms with E-state index in [1.54, 1.807) is 0 Å². The standard InChI is InChI=1S/C14H28O5/c1-5-7-16-9-11-18-12-10-17-8-6-13(15)19-14(2,3)4/h5-12H2,1-4H3. The lowest BCUT2D eigenvalue weighted by molar-refractivity contribution is -0.156. The summed E-state index contributed by atoms with van der Waals surface area (Å²) >= 11 is 0. The predicted molar refractivity (Wildman–Crippen MR) is 73.2 cm³/mol. The second-order valence-corrected chi connectivity index (χ2v) is 5.17. The third kappa shape index (κ3) is 15.3. The largest absolute Gasteiger partial charge is 0.460 e. The zero-order valence-corrected chi connectivity index (χ0v) is 12.7. The second kappa shape index (κ2) is 11.2. The van der Waals surface area contributed by atoms with Gasteiger partial charge in [0.1, 0.15) is 5.60 Å². The second-order valence-electron chi connectivity index (χ2n) is 5.17. The topological polar surface area (TPSA) is 54.0 Å². The van der Waals surface area contributed by atoms with Crippen molar-refractivity contribution in [3.63, 3.8) is 0 Å². The van der Waals surface area contributed by atoms with Crippen molar-refractivity contribution in [1.82, 2.24) is 0 Å². The summed E-state index contributed by atoms with van der Waals surface area (Å²) in [7, 11) is 0. The van der Waals surface area contributed by atoms with Gasteiger partial charge in [-0.3, -0.25) is 4.79 Å². The lowest BCUT2D eigenvalue weighted by Gasteiger charge is -2.19. The van der Waals surface area contributed by atoms with E-state index < -0.39 is 5.60 Å². The number of hydrogen-bond acceptors (Lipinski definition) is 5. The van der Waals surface area contributed by atoms with E-state index in [0.717, 1.165) is 13.0 Å². The van der Waals surface area contributed by atoms with Crippen molar-refractivity contribution >= 4 is 5.97 Å². The quantitative estimate of drug-likeness (QED) is 0.427. The smallest absolute Gasteiger partial charge is 0.308 e. The van der Waals surface area contributed by atoms with E-state index in [0.29, 0.717) is 33.0 Å². The molecule has 0 heterocycles. The highest BCUT2D eigenvalue weighted by Gasteiger charge is 2.15. The minimum atomic E-state index is -0.432. The average molecular weight is 276 g/mol. The normalized spacial score (nSPS) is 11.6. The van der Waals surface area contributed by atoms with E-state index >= 15 is 0 Å². The fraction of sp³-hybridized carbons (Fsp3) is 0.929. The predicted octanol–water partition coefficient (Wildman–Crippen LogP) is 2.18. The van der Waals surface area contributed by atoms with Crippen molar-refractivity contribution < 1.29 is 23.7 Å². The summed E-state index contributed by atoms with van der Waals surface area (Å²) in [6.45, 7) is 10.9. The van der Waals surface area contributed by atoms with E-state index in [2.05, 4.69) is 6.92 Å². The molecule has 5 heteroatoms. The van der Waals surface area contributed by atoms with Crippen LogP contribution in [0.3, 0.4) is 0 Å². The van der Waals surface area contributed by atoms with Crippen molar-refractivity contribution in [2.45, 2.75) is 46.1 Å². The summed E-state index contributed by atoms with van der Waals surface area (Å²) in [5.74, 6) is -0.235. The summed E-state index contributed by atoms with van der Waals surface area (Å²) < 4.78 is 21.0. The Hall–Kier alpha value is -0.650. The first-order valence-electron chi connectivity index (χ1n) is 6.91. The van der Waals surface area contributed by atoms with Gasteiger partial charge in [-0.1, -0.05) is 6.92 Å². The van der Waals surface area contributed by atoms with Gasteiger partial charge in [0.2, 0.25) is 0 Å². The Labute approximate surface area is 116 Å². The molecule has 0 radical (unpaired) electrons. The minimum absolute atomic E-state index is 0.235. The SMILES string of the molecule is CCCOCCOCCOCCC(=O)OC(C)(C)C. The van der Waals surface area contributed by atoms with Gasteiger partial charge in [0.15, 0.2) is 0 Å². The zero-order valence-electron chi connectivity index (χ0n) is 12.7. The minimum Gasteiger partial charge on any atom is -0.460 e. The van der Waals surface area contributed by atoms with Crippen molar-refractivity contribution in [3.8, 4) is 0 Å². The summed E-state index contributed by atoms with van der Waals surface area (Å²) in [6, 6.07) is 0. The lowest BCUT2D eigenvalue weighted by Crippen LogP contribution is -2.24. The Bertz CT molecular complexity index is 222. The van der Waals surface area contributed by atoms with E-state index in [-0.39, 0.29) is 12.4 Å². The molecular weight excluding hydrogens is 248 g/mol. The van der Waals surface area contributed by atoms with Gasteiger partial charge in [-0.05, 0) is 27.2 Å². The molecule has 0 bridgehead atoms. The Kier molecular flexibility index (Phi) is 10.8. The third-order valence-electron chi connectivity index (χ3n) is 1.96. The number of esters is 1. The molecule has 0 unspecified atom stereocenters. The van der Waals surface area contributed by atoms with Crippen LogP contribution in [0.1, 0.15) is 40.5 Å². The molecule has 0 aliphatic heterocycles. The number of carbonyl (C=O) groups is 1. The molecule has 0 aromatic rings. The number of ether oxygens (including phenoxy) is 4. The number of carbonyl (C=O) groups excluding carboxylic acids is 1. The average Bonchev–Trinajstić information content (AvgIpc) is 2.29. The molecule has 0 N–H and O–H groups in total. The molecule has 0 saturated heterocycles. The van der Waals surface area contributed by atoms with Gasteiger partial charge in [-0.2, -0.15) is 0 Å². The van der Waals surface area contributed by atoms with Crippen LogP contribution in [-0.2, 0) is 23.7 Å². The molecule has 0 aliphatic rings. The number of rotatable bonds is 11. The monoisotopic (exact) mass is 276 g/mol. The molecule has 5 nitrogen and oxygen atoms in total. The fourth-order valence-corrected chi connectivity index (χ4v) is 1.23. The van der Waals surface area contributed by atoms with Gasteiger partial charge in [0, 0.05) is 6.61 Å². The van der Waals surface area contributed by atoms with Crippen LogP contribution in [0, 0.1) is 0 Å². The Morgan fingerprint density at radius 1 is 0.842 bits per heavy atom. The summed E-state index contributed by atoms with van der Waals surface area (Å²) in [5.41, 5.74) is -0.432. The van der Waals surface area contributed by atoms with E-state index in [9.17, 15) is 4.79 Å². The molecule has 0 amide bonds. The first kappa shape index (κ1) is 18.4. The van der Waals surface area contributed by atoms with Crippen molar-refractivity contribution in [2.24, 2.45) is 0 Å². The van der Waals surface area contributed by atoms with Gasteiger partial charge in [0.25, 0.3) is 0 Å². The summed E-state index contributed by atoms with van der Waals surface area (Å²) in [5, 5.41) is 0. The van der Waals surface area contributed by atoms with Crippen molar-refractivity contribution in [2.75, 3.05) is 39.6 Å². The van der Waals surface area contributed by atoms with Crippen LogP contribution in [0.5, 0.6) is 0 Å². The van der Waals surface area contributed by atoms with Crippen LogP contribution in [0.25, 0.3) is 0 Å². The third-order valence-corrected chi connectivity index (χ3v) is 1.96. The zero-order chi connectivity index (χ0) is 14.6. The van der Waals surface area contributed by atoms with Crippen molar-refractivity contribution in [1.29, 1.82) is 0 Å². The molecule has 0 fully saturated rings. The van der Waals surface area contributed by atoms with E-state index in [4.69, 9.17) is 18.9 Å². The summed E-state index contributed by atoms with van der Waals surface area (Å²) in [4.78, 5) is 11.3. The highest BCUT2D eigenvalue weighted by molar-refractivity contribution is 5.69. The first-order chi connectivity index (χ1) is 8.95. The fourth-order valence-electron chi connectivity index (χ4n) is 1.23. The first-order valence-corrected chi connectivity index (χ1v) is 6.91. The molecule has 0 atom stereocenters. The summed E-state index contributed by atoms with van der Waals surface area (Å²) in [6.07, 6.45) is 1.30. The van der Waals surface area contributed by atoms with Gasteiger partial charge >= 0.3 is 5.97 Å². The molecular formula is C14H28O5. The maximum absolute atomic E-state index is 11.3. The van der Waals surface area contributed by atoms with Gasteiger partial charge in [0.05, 0.1) is 39.5 Å². The Morgan fingerprint density at radius 3 is 1.79 bits per heavy atom. The Morgan fingerprint density at radius 2 is 1.32 bits per heavy atom. The van der Waals surface area contributed by atoms with Crippen LogP contribution in [0.2, 0.25) is 0 Å². The highest BCUT2D eigenvalue weighted by Crippen LogP contribution is 2.07. The van der Waals surface area contributed by atoms with Gasteiger partial charge < -0.3 is 18.9 Å².